The van der Waals surface area contributed by atoms with Crippen LogP contribution in [0.4, 0.5) is 14.5 Å². The molecule has 15 heavy (non-hydrogen) atoms. The molecule has 82 valence electrons. The second kappa shape index (κ2) is 3.90. The van der Waals surface area contributed by atoms with E-state index in [1.807, 2.05) is 0 Å². The van der Waals surface area contributed by atoms with Crippen LogP contribution in [0.2, 0.25) is 0 Å². The summed E-state index contributed by atoms with van der Waals surface area (Å²) in [4.78, 5) is 9.74. The summed E-state index contributed by atoms with van der Waals surface area (Å²) in [7, 11) is 0. The van der Waals surface area contributed by atoms with Gasteiger partial charge in [0.25, 0.3) is 11.6 Å². The third-order valence-electron chi connectivity index (χ3n) is 2.07. The molecule has 0 heterocycles. The van der Waals surface area contributed by atoms with Crippen molar-refractivity contribution in [2.24, 2.45) is 5.73 Å². The van der Waals surface area contributed by atoms with Gasteiger partial charge in [-0.15, -0.1) is 0 Å². The summed E-state index contributed by atoms with van der Waals surface area (Å²) in [6.07, 6.45) is 0. The highest BCUT2D eigenvalue weighted by Crippen LogP contribution is 2.36. The van der Waals surface area contributed by atoms with Gasteiger partial charge in [-0.25, -0.2) is 0 Å². The molecule has 0 atom stereocenters. The van der Waals surface area contributed by atoms with Gasteiger partial charge in [-0.1, -0.05) is 12.1 Å². The number of nitro benzene ring substituents is 1. The fraction of sp³-hybridized carbons (Fsp3) is 0.333. The third kappa shape index (κ3) is 2.10. The van der Waals surface area contributed by atoms with E-state index in [1.165, 1.54) is 19.1 Å². The smallest absolute Gasteiger partial charge is 0.292 e. The molecular weight excluding hydrogens is 206 g/mol. The van der Waals surface area contributed by atoms with Gasteiger partial charge >= 0.3 is 0 Å². The van der Waals surface area contributed by atoms with Crippen molar-refractivity contribution >= 4 is 5.69 Å². The van der Waals surface area contributed by atoms with E-state index in [9.17, 15) is 18.9 Å². The maximum absolute atomic E-state index is 13.3. The Bertz CT molecular complexity index is 394. The minimum atomic E-state index is -3.37. The normalized spacial score (nSPS) is 11.5. The molecule has 0 aliphatic rings. The molecule has 1 aromatic carbocycles. The Labute approximate surface area is 84.9 Å². The Hall–Kier alpha value is -1.56. The molecule has 0 aliphatic carbocycles. The highest BCUT2D eigenvalue weighted by molar-refractivity contribution is 5.47. The Morgan fingerprint density at radius 3 is 2.60 bits per heavy atom. The molecule has 2 N–H and O–H groups in total. The average Bonchev–Trinajstić information content (AvgIpc) is 2.17. The highest BCUT2D eigenvalue weighted by atomic mass is 19.3. The maximum Gasteiger partial charge on any atom is 0.292 e. The fourth-order valence-corrected chi connectivity index (χ4v) is 1.38. The predicted molar refractivity (Wildman–Crippen MR) is 50.8 cm³/mol. The molecule has 4 nitrogen and oxygen atoms in total. The summed E-state index contributed by atoms with van der Waals surface area (Å²) < 4.78 is 26.7. The number of nitrogens with zero attached hydrogens (tertiary/aromatic N) is 1. The van der Waals surface area contributed by atoms with Crippen LogP contribution in [0.5, 0.6) is 0 Å². The second-order valence-corrected chi connectivity index (χ2v) is 3.13. The van der Waals surface area contributed by atoms with Crippen LogP contribution in [-0.2, 0) is 5.92 Å². The van der Waals surface area contributed by atoms with Crippen LogP contribution in [-0.4, -0.2) is 11.5 Å². The molecule has 0 bridgehead atoms. The summed E-state index contributed by atoms with van der Waals surface area (Å²) in [6.45, 7) is 0.449. The number of hydrogen-bond acceptors (Lipinski definition) is 3. The van der Waals surface area contributed by atoms with Crippen LogP contribution in [0.1, 0.15) is 11.1 Å². The van der Waals surface area contributed by atoms with E-state index in [0.29, 0.717) is 0 Å². The summed E-state index contributed by atoms with van der Waals surface area (Å²) >= 11 is 0. The third-order valence-corrected chi connectivity index (χ3v) is 2.07. The van der Waals surface area contributed by atoms with Gasteiger partial charge in [0.05, 0.1) is 11.5 Å². The van der Waals surface area contributed by atoms with E-state index < -0.39 is 28.6 Å². The summed E-state index contributed by atoms with van der Waals surface area (Å²) in [5.41, 5.74) is 3.88. The maximum atomic E-state index is 13.3. The lowest BCUT2D eigenvalue weighted by atomic mass is 10.0. The summed E-state index contributed by atoms with van der Waals surface area (Å²) in [5, 5.41) is 10.6. The quantitative estimate of drug-likeness (QED) is 0.620. The zero-order chi connectivity index (χ0) is 11.6. The van der Waals surface area contributed by atoms with Crippen molar-refractivity contribution < 1.29 is 13.7 Å². The van der Waals surface area contributed by atoms with E-state index in [-0.39, 0.29) is 5.56 Å². The number of benzene rings is 1. The van der Waals surface area contributed by atoms with Gasteiger partial charge in [0.1, 0.15) is 5.56 Å². The van der Waals surface area contributed by atoms with Crippen molar-refractivity contribution in [3.05, 3.63) is 39.4 Å². The monoisotopic (exact) mass is 216 g/mol. The van der Waals surface area contributed by atoms with E-state index in [0.717, 1.165) is 6.07 Å². The van der Waals surface area contributed by atoms with Gasteiger partial charge < -0.3 is 5.73 Å². The molecule has 0 saturated carbocycles. The van der Waals surface area contributed by atoms with Crippen LogP contribution in [0.3, 0.4) is 0 Å². The molecule has 0 amide bonds. The Kier molecular flexibility index (Phi) is 2.99. The van der Waals surface area contributed by atoms with Gasteiger partial charge in [0.15, 0.2) is 0 Å². The lowest BCUT2D eigenvalue weighted by molar-refractivity contribution is -0.387. The van der Waals surface area contributed by atoms with Gasteiger partial charge in [-0.3, -0.25) is 10.1 Å². The van der Waals surface area contributed by atoms with Crippen molar-refractivity contribution in [2.75, 3.05) is 6.54 Å². The molecule has 1 rings (SSSR count). The minimum Gasteiger partial charge on any atom is -0.325 e. The van der Waals surface area contributed by atoms with E-state index in [1.54, 1.807) is 0 Å². The first-order chi connectivity index (χ1) is 6.90. The predicted octanol–water partition coefficient (Wildman–Crippen LogP) is 1.95. The van der Waals surface area contributed by atoms with Crippen LogP contribution in [0.25, 0.3) is 0 Å². The topological polar surface area (TPSA) is 69.2 Å². The van der Waals surface area contributed by atoms with Crippen molar-refractivity contribution in [3.63, 3.8) is 0 Å². The molecule has 0 aromatic heterocycles. The van der Waals surface area contributed by atoms with Gasteiger partial charge in [0, 0.05) is 6.07 Å². The largest absolute Gasteiger partial charge is 0.325 e. The standard InChI is InChI=1S/C9H10F2N2O2/c1-6-3-2-4-7(13(14)15)8(6)9(10,11)5-12/h2-4H,5,12H2,1H3. The summed E-state index contributed by atoms with van der Waals surface area (Å²) in [6, 6.07) is 3.81. The SMILES string of the molecule is Cc1cccc([N+](=O)[O-])c1C(F)(F)CN. The van der Waals surface area contributed by atoms with Gasteiger partial charge in [-0.2, -0.15) is 8.78 Å². The molecule has 1 aromatic rings. The van der Waals surface area contributed by atoms with Crippen molar-refractivity contribution in [1.82, 2.24) is 0 Å². The van der Waals surface area contributed by atoms with Gasteiger partial charge in [-0.05, 0) is 12.5 Å². The fourth-order valence-electron chi connectivity index (χ4n) is 1.38. The number of aryl methyl sites for hydroxylation is 1. The van der Waals surface area contributed by atoms with Crippen molar-refractivity contribution in [3.8, 4) is 0 Å². The number of alkyl halides is 2. The molecule has 0 aliphatic heterocycles. The molecular formula is C9H10F2N2O2. The Morgan fingerprint density at radius 1 is 1.53 bits per heavy atom. The molecule has 0 saturated heterocycles. The lowest BCUT2D eigenvalue weighted by Gasteiger charge is -2.16. The molecule has 0 spiro atoms. The first-order valence-corrected chi connectivity index (χ1v) is 4.22. The van der Waals surface area contributed by atoms with Crippen LogP contribution in [0, 0.1) is 17.0 Å². The van der Waals surface area contributed by atoms with E-state index in [4.69, 9.17) is 5.73 Å². The molecule has 0 unspecified atom stereocenters. The van der Waals surface area contributed by atoms with E-state index >= 15 is 0 Å². The van der Waals surface area contributed by atoms with E-state index in [2.05, 4.69) is 0 Å². The first-order valence-electron chi connectivity index (χ1n) is 4.22. The molecule has 6 heteroatoms. The molecule has 0 fully saturated rings. The van der Waals surface area contributed by atoms with Crippen molar-refractivity contribution in [1.29, 1.82) is 0 Å². The zero-order valence-electron chi connectivity index (χ0n) is 8.04. The average molecular weight is 216 g/mol. The number of hydrogen-bond donors (Lipinski definition) is 1. The second-order valence-electron chi connectivity index (χ2n) is 3.13. The number of nitrogens with two attached hydrogens (primary N) is 1. The molecule has 0 radical (unpaired) electrons. The number of halogens is 2. The van der Waals surface area contributed by atoms with Crippen molar-refractivity contribution in [2.45, 2.75) is 12.8 Å². The number of rotatable bonds is 3. The van der Waals surface area contributed by atoms with Crippen LogP contribution in [0.15, 0.2) is 18.2 Å². The highest BCUT2D eigenvalue weighted by Gasteiger charge is 2.38. The van der Waals surface area contributed by atoms with Crippen LogP contribution >= 0.6 is 0 Å². The van der Waals surface area contributed by atoms with Crippen LogP contribution < -0.4 is 5.73 Å². The minimum absolute atomic E-state index is 0.166. The van der Waals surface area contributed by atoms with Gasteiger partial charge in [0.2, 0.25) is 0 Å². The Balaban J connectivity index is 3.44. The Morgan fingerprint density at radius 2 is 2.13 bits per heavy atom. The lowest BCUT2D eigenvalue weighted by Crippen LogP contribution is -2.27. The summed E-state index contributed by atoms with van der Waals surface area (Å²) in [5.74, 6) is -3.37. The number of nitro groups is 1. The first kappa shape index (κ1) is 11.5. The zero-order valence-corrected chi connectivity index (χ0v) is 8.04.